The van der Waals surface area contributed by atoms with Gasteiger partial charge < -0.3 is 20.1 Å². The summed E-state index contributed by atoms with van der Waals surface area (Å²) in [6, 6.07) is 16.5. The Morgan fingerprint density at radius 2 is 1.81 bits per heavy atom. The maximum absolute atomic E-state index is 12.5. The molecule has 0 spiro atoms. The van der Waals surface area contributed by atoms with Crippen molar-refractivity contribution in [1.82, 2.24) is 4.98 Å². The van der Waals surface area contributed by atoms with Crippen LogP contribution in [-0.4, -0.2) is 24.6 Å². The van der Waals surface area contributed by atoms with Gasteiger partial charge in [0.05, 0.1) is 36.9 Å². The molecule has 0 atom stereocenters. The maximum Gasteiger partial charge on any atom is 0.257 e. The Hall–Kier alpha value is -3.54. The molecule has 0 aliphatic carbocycles. The first-order valence-corrected chi connectivity index (χ1v) is 8.59. The van der Waals surface area contributed by atoms with Crippen molar-refractivity contribution in [3.8, 4) is 11.5 Å². The number of nitrogens with zero attached hydrogens (tertiary/aromatic N) is 1. The van der Waals surface area contributed by atoms with Crippen LogP contribution in [0.25, 0.3) is 0 Å². The summed E-state index contributed by atoms with van der Waals surface area (Å²) in [6.45, 7) is 2.53. The monoisotopic (exact) mass is 363 g/mol. The van der Waals surface area contributed by atoms with E-state index in [9.17, 15) is 4.79 Å². The highest BCUT2D eigenvalue weighted by atomic mass is 16.5. The summed E-state index contributed by atoms with van der Waals surface area (Å²) in [5, 5.41) is 6.07. The van der Waals surface area contributed by atoms with Gasteiger partial charge in [0.25, 0.3) is 5.91 Å². The van der Waals surface area contributed by atoms with Gasteiger partial charge in [0.15, 0.2) is 0 Å². The highest BCUT2D eigenvalue weighted by Crippen LogP contribution is 2.27. The standard InChI is InChI=1S/C21H21N3O3/c1-3-27-18-10-8-16(9-11-18)24-21(25)15-12-17(14-22-13-15)23-19-6-4-5-7-20(19)26-2/h4-14,23H,3H2,1-2H3,(H,24,25). The fourth-order valence-electron chi connectivity index (χ4n) is 2.54. The first-order valence-electron chi connectivity index (χ1n) is 8.59. The predicted molar refractivity (Wildman–Crippen MR) is 106 cm³/mol. The molecule has 27 heavy (non-hydrogen) atoms. The van der Waals surface area contributed by atoms with Gasteiger partial charge in [0.1, 0.15) is 11.5 Å². The van der Waals surface area contributed by atoms with Gasteiger partial charge >= 0.3 is 0 Å². The molecule has 2 N–H and O–H groups in total. The molecule has 0 saturated heterocycles. The van der Waals surface area contributed by atoms with E-state index >= 15 is 0 Å². The summed E-state index contributed by atoms with van der Waals surface area (Å²) >= 11 is 0. The Balaban J connectivity index is 1.71. The number of nitrogens with one attached hydrogen (secondary N) is 2. The van der Waals surface area contributed by atoms with E-state index in [-0.39, 0.29) is 5.91 Å². The van der Waals surface area contributed by atoms with Gasteiger partial charge in [-0.25, -0.2) is 0 Å². The van der Waals surface area contributed by atoms with Crippen LogP contribution in [0.4, 0.5) is 17.1 Å². The van der Waals surface area contributed by atoms with Crippen LogP contribution in [0.3, 0.4) is 0 Å². The minimum absolute atomic E-state index is 0.240. The van der Waals surface area contributed by atoms with E-state index in [1.165, 1.54) is 6.20 Å². The molecule has 2 aromatic carbocycles. The van der Waals surface area contributed by atoms with Gasteiger partial charge in [0, 0.05) is 11.9 Å². The Kier molecular flexibility index (Phi) is 5.89. The average molecular weight is 363 g/mol. The molecule has 3 aromatic rings. The Morgan fingerprint density at radius 3 is 2.56 bits per heavy atom. The molecule has 0 bridgehead atoms. The van der Waals surface area contributed by atoms with E-state index in [0.29, 0.717) is 29.3 Å². The summed E-state index contributed by atoms with van der Waals surface area (Å²) in [5.41, 5.74) is 2.63. The second-order valence-corrected chi connectivity index (χ2v) is 5.70. The number of rotatable bonds is 7. The Bertz CT molecular complexity index is 911. The number of hydrogen-bond donors (Lipinski definition) is 2. The number of hydrogen-bond acceptors (Lipinski definition) is 5. The van der Waals surface area contributed by atoms with E-state index in [1.807, 2.05) is 43.3 Å². The molecule has 0 fully saturated rings. The topological polar surface area (TPSA) is 72.5 Å². The highest BCUT2D eigenvalue weighted by molar-refractivity contribution is 6.04. The van der Waals surface area contributed by atoms with Crippen LogP contribution in [0.15, 0.2) is 67.0 Å². The Morgan fingerprint density at radius 1 is 1.04 bits per heavy atom. The van der Waals surface area contributed by atoms with Crippen molar-refractivity contribution in [3.05, 3.63) is 72.6 Å². The first-order chi connectivity index (χ1) is 13.2. The highest BCUT2D eigenvalue weighted by Gasteiger charge is 2.09. The van der Waals surface area contributed by atoms with Crippen molar-refractivity contribution in [2.24, 2.45) is 0 Å². The predicted octanol–water partition coefficient (Wildman–Crippen LogP) is 4.48. The molecule has 1 heterocycles. The maximum atomic E-state index is 12.5. The van der Waals surface area contributed by atoms with Crippen molar-refractivity contribution in [2.75, 3.05) is 24.4 Å². The van der Waals surface area contributed by atoms with Crippen molar-refractivity contribution in [2.45, 2.75) is 6.92 Å². The third kappa shape index (κ3) is 4.76. The van der Waals surface area contributed by atoms with Crippen molar-refractivity contribution in [3.63, 3.8) is 0 Å². The summed E-state index contributed by atoms with van der Waals surface area (Å²) in [7, 11) is 1.61. The third-order valence-electron chi connectivity index (χ3n) is 3.81. The van der Waals surface area contributed by atoms with Gasteiger partial charge in [-0.1, -0.05) is 12.1 Å². The SMILES string of the molecule is CCOc1ccc(NC(=O)c2cncc(Nc3ccccc3OC)c2)cc1. The molecule has 0 aliphatic rings. The van der Waals surface area contributed by atoms with Crippen molar-refractivity contribution >= 4 is 23.0 Å². The lowest BCUT2D eigenvalue weighted by Crippen LogP contribution is -2.12. The van der Waals surface area contributed by atoms with Crippen LogP contribution in [0.1, 0.15) is 17.3 Å². The number of aromatic nitrogens is 1. The molecular weight excluding hydrogens is 342 g/mol. The average Bonchev–Trinajstić information content (AvgIpc) is 2.70. The summed E-state index contributed by atoms with van der Waals surface area (Å²) in [6.07, 6.45) is 3.18. The number of carbonyl (C=O) groups excluding carboxylic acids is 1. The molecule has 0 unspecified atom stereocenters. The molecule has 1 aromatic heterocycles. The number of benzene rings is 2. The van der Waals surface area contributed by atoms with Crippen LogP contribution in [0.5, 0.6) is 11.5 Å². The number of methoxy groups -OCH3 is 1. The largest absolute Gasteiger partial charge is 0.495 e. The fraction of sp³-hybridized carbons (Fsp3) is 0.143. The quantitative estimate of drug-likeness (QED) is 0.647. The van der Waals surface area contributed by atoms with E-state index in [4.69, 9.17) is 9.47 Å². The van der Waals surface area contributed by atoms with Crippen LogP contribution in [0.2, 0.25) is 0 Å². The molecule has 3 rings (SSSR count). The molecule has 1 amide bonds. The number of amides is 1. The first kappa shape index (κ1) is 18.3. The van der Waals surface area contributed by atoms with E-state index in [2.05, 4.69) is 15.6 Å². The van der Waals surface area contributed by atoms with E-state index in [1.54, 1.807) is 31.5 Å². The summed E-state index contributed by atoms with van der Waals surface area (Å²) in [5.74, 6) is 1.23. The number of carbonyl (C=O) groups is 1. The second-order valence-electron chi connectivity index (χ2n) is 5.70. The fourth-order valence-corrected chi connectivity index (χ4v) is 2.54. The Labute approximate surface area is 158 Å². The van der Waals surface area contributed by atoms with E-state index in [0.717, 1.165) is 11.4 Å². The van der Waals surface area contributed by atoms with E-state index < -0.39 is 0 Å². The van der Waals surface area contributed by atoms with Crippen molar-refractivity contribution in [1.29, 1.82) is 0 Å². The molecule has 0 radical (unpaired) electrons. The van der Waals surface area contributed by atoms with Gasteiger partial charge in [-0.3, -0.25) is 9.78 Å². The molecule has 138 valence electrons. The molecule has 0 saturated carbocycles. The molecule has 0 aliphatic heterocycles. The zero-order valence-corrected chi connectivity index (χ0v) is 15.2. The lowest BCUT2D eigenvalue weighted by Gasteiger charge is -2.12. The number of pyridine rings is 1. The number of anilines is 3. The molecular formula is C21H21N3O3. The minimum atomic E-state index is -0.240. The molecule has 6 heteroatoms. The van der Waals surface area contributed by atoms with Gasteiger partial charge in [-0.2, -0.15) is 0 Å². The van der Waals surface area contributed by atoms with Crippen LogP contribution in [0, 0.1) is 0 Å². The normalized spacial score (nSPS) is 10.1. The summed E-state index contributed by atoms with van der Waals surface area (Å²) < 4.78 is 10.7. The van der Waals surface area contributed by atoms with Crippen LogP contribution in [-0.2, 0) is 0 Å². The molecule has 6 nitrogen and oxygen atoms in total. The van der Waals surface area contributed by atoms with Gasteiger partial charge in [-0.05, 0) is 49.4 Å². The van der Waals surface area contributed by atoms with Crippen LogP contribution < -0.4 is 20.1 Å². The summed E-state index contributed by atoms with van der Waals surface area (Å²) in [4.78, 5) is 16.7. The van der Waals surface area contributed by atoms with Crippen LogP contribution >= 0.6 is 0 Å². The van der Waals surface area contributed by atoms with Crippen molar-refractivity contribution < 1.29 is 14.3 Å². The van der Waals surface area contributed by atoms with Gasteiger partial charge in [-0.15, -0.1) is 0 Å². The smallest absolute Gasteiger partial charge is 0.257 e. The number of para-hydroxylation sites is 2. The zero-order chi connectivity index (χ0) is 19.1. The minimum Gasteiger partial charge on any atom is -0.495 e. The lowest BCUT2D eigenvalue weighted by molar-refractivity contribution is 0.102. The zero-order valence-electron chi connectivity index (χ0n) is 15.2. The second kappa shape index (κ2) is 8.71. The van der Waals surface area contributed by atoms with Gasteiger partial charge in [0.2, 0.25) is 0 Å². The lowest BCUT2D eigenvalue weighted by atomic mass is 10.2. The third-order valence-corrected chi connectivity index (χ3v) is 3.81. The number of ether oxygens (including phenoxy) is 2.